The summed E-state index contributed by atoms with van der Waals surface area (Å²) in [5, 5.41) is 9.00. The molecule has 6 heteroatoms. The summed E-state index contributed by atoms with van der Waals surface area (Å²) in [7, 11) is 0. The van der Waals surface area contributed by atoms with E-state index in [4.69, 9.17) is 6.42 Å². The standard InChI is InChI=1S/C21H24N4O.HI/c1-4-17-10-8-12-19(13-17)25-20(26)15-24-21(22-5-2)23-14-18-11-7-6-9-16(18)3;/h1,6-13H,5,14-15H2,2-3H3,(H,25,26)(H2,22,23,24);1H. The highest BCUT2D eigenvalue weighted by molar-refractivity contribution is 14.0. The Morgan fingerprint density at radius 1 is 1.15 bits per heavy atom. The van der Waals surface area contributed by atoms with Crippen LogP contribution >= 0.6 is 24.0 Å². The van der Waals surface area contributed by atoms with Crippen molar-refractivity contribution < 1.29 is 4.79 Å². The second kappa shape index (κ2) is 12.0. The highest BCUT2D eigenvalue weighted by atomic mass is 127. The van der Waals surface area contributed by atoms with E-state index in [0.717, 1.165) is 11.1 Å². The van der Waals surface area contributed by atoms with Crippen LogP contribution in [0.1, 0.15) is 23.6 Å². The largest absolute Gasteiger partial charge is 0.357 e. The average Bonchev–Trinajstić information content (AvgIpc) is 2.65. The number of hydrogen-bond acceptors (Lipinski definition) is 2. The first-order valence-electron chi connectivity index (χ1n) is 8.55. The van der Waals surface area contributed by atoms with Gasteiger partial charge in [0.25, 0.3) is 0 Å². The molecule has 0 fully saturated rings. The lowest BCUT2D eigenvalue weighted by molar-refractivity contribution is -0.115. The van der Waals surface area contributed by atoms with Gasteiger partial charge in [-0.05, 0) is 43.2 Å². The minimum atomic E-state index is -0.166. The van der Waals surface area contributed by atoms with Crippen molar-refractivity contribution in [2.45, 2.75) is 20.4 Å². The van der Waals surface area contributed by atoms with Crippen LogP contribution in [0.25, 0.3) is 0 Å². The SMILES string of the molecule is C#Cc1cccc(NC(=O)CNC(=NCc2ccccc2C)NCC)c1.I. The number of aliphatic imine (C=N–C) groups is 1. The highest BCUT2D eigenvalue weighted by Gasteiger charge is 2.05. The van der Waals surface area contributed by atoms with Gasteiger partial charge in [0, 0.05) is 17.8 Å². The molecule has 0 saturated carbocycles. The van der Waals surface area contributed by atoms with Gasteiger partial charge in [-0.25, -0.2) is 4.99 Å². The van der Waals surface area contributed by atoms with Gasteiger partial charge >= 0.3 is 0 Å². The van der Waals surface area contributed by atoms with E-state index >= 15 is 0 Å². The summed E-state index contributed by atoms with van der Waals surface area (Å²) in [6, 6.07) is 15.3. The fraction of sp³-hybridized carbons (Fsp3) is 0.238. The number of hydrogen-bond donors (Lipinski definition) is 3. The molecular weight excluding hydrogens is 451 g/mol. The van der Waals surface area contributed by atoms with E-state index in [-0.39, 0.29) is 36.4 Å². The number of terminal acetylenes is 1. The number of amides is 1. The lowest BCUT2D eigenvalue weighted by atomic mass is 10.1. The molecular formula is C21H25IN4O. The van der Waals surface area contributed by atoms with Crippen molar-refractivity contribution in [2.24, 2.45) is 4.99 Å². The first-order chi connectivity index (χ1) is 12.6. The number of nitrogens with one attached hydrogen (secondary N) is 3. The molecule has 1 amide bonds. The fourth-order valence-electron chi connectivity index (χ4n) is 2.35. The number of anilines is 1. The predicted octanol–water partition coefficient (Wildman–Crippen LogP) is 3.29. The lowest BCUT2D eigenvalue weighted by Gasteiger charge is -2.12. The maximum Gasteiger partial charge on any atom is 0.243 e. The van der Waals surface area contributed by atoms with Crippen molar-refractivity contribution in [1.82, 2.24) is 10.6 Å². The van der Waals surface area contributed by atoms with Crippen LogP contribution in [-0.4, -0.2) is 25.0 Å². The molecule has 27 heavy (non-hydrogen) atoms. The van der Waals surface area contributed by atoms with Crippen molar-refractivity contribution in [1.29, 1.82) is 0 Å². The van der Waals surface area contributed by atoms with Gasteiger partial charge in [0.05, 0.1) is 13.1 Å². The minimum Gasteiger partial charge on any atom is -0.357 e. The van der Waals surface area contributed by atoms with Crippen LogP contribution in [0.2, 0.25) is 0 Å². The van der Waals surface area contributed by atoms with Crippen LogP contribution in [0.15, 0.2) is 53.5 Å². The zero-order chi connectivity index (χ0) is 18.8. The normalized spacial score (nSPS) is 10.3. The molecule has 2 rings (SSSR count). The van der Waals surface area contributed by atoms with Gasteiger partial charge in [-0.3, -0.25) is 4.79 Å². The molecule has 0 bridgehead atoms. The van der Waals surface area contributed by atoms with Gasteiger partial charge in [0.15, 0.2) is 5.96 Å². The Bertz CT molecular complexity index is 827. The molecule has 5 nitrogen and oxygen atoms in total. The third-order valence-electron chi connectivity index (χ3n) is 3.74. The number of aryl methyl sites for hydroxylation is 1. The predicted molar refractivity (Wildman–Crippen MR) is 122 cm³/mol. The molecule has 2 aromatic rings. The highest BCUT2D eigenvalue weighted by Crippen LogP contribution is 2.09. The van der Waals surface area contributed by atoms with Crippen LogP contribution < -0.4 is 16.0 Å². The van der Waals surface area contributed by atoms with Crippen molar-refractivity contribution in [2.75, 3.05) is 18.4 Å². The third-order valence-corrected chi connectivity index (χ3v) is 3.74. The van der Waals surface area contributed by atoms with Crippen LogP contribution in [0.5, 0.6) is 0 Å². The number of rotatable bonds is 6. The van der Waals surface area contributed by atoms with E-state index in [1.807, 2.05) is 37.3 Å². The molecule has 0 aliphatic carbocycles. The molecule has 2 aromatic carbocycles. The van der Waals surface area contributed by atoms with Gasteiger partial charge in [-0.2, -0.15) is 0 Å². The molecule has 0 heterocycles. The summed E-state index contributed by atoms with van der Waals surface area (Å²) < 4.78 is 0. The maximum absolute atomic E-state index is 12.1. The number of benzene rings is 2. The molecule has 0 aliphatic heterocycles. The molecule has 0 aromatic heterocycles. The van der Waals surface area contributed by atoms with Gasteiger partial charge in [0.1, 0.15) is 0 Å². The van der Waals surface area contributed by atoms with Gasteiger partial charge in [0.2, 0.25) is 5.91 Å². The molecule has 0 aliphatic rings. The van der Waals surface area contributed by atoms with Crippen LogP contribution in [0, 0.1) is 19.3 Å². The van der Waals surface area contributed by atoms with Gasteiger partial charge < -0.3 is 16.0 Å². The third kappa shape index (κ3) is 7.71. The Labute approximate surface area is 178 Å². The maximum atomic E-state index is 12.1. The fourth-order valence-corrected chi connectivity index (χ4v) is 2.35. The van der Waals surface area contributed by atoms with Gasteiger partial charge in [-0.1, -0.05) is 36.3 Å². The Balaban J connectivity index is 0.00000364. The number of guanidine groups is 1. The smallest absolute Gasteiger partial charge is 0.243 e. The van der Waals surface area contributed by atoms with E-state index in [9.17, 15) is 4.79 Å². The topological polar surface area (TPSA) is 65.5 Å². The monoisotopic (exact) mass is 476 g/mol. The number of halogens is 1. The summed E-state index contributed by atoms with van der Waals surface area (Å²) in [6.45, 7) is 5.42. The Hall–Kier alpha value is -2.53. The number of carbonyl (C=O) groups is 1. The molecule has 3 N–H and O–H groups in total. The summed E-state index contributed by atoms with van der Waals surface area (Å²) in [4.78, 5) is 16.7. The van der Waals surface area contributed by atoms with Crippen molar-refractivity contribution >= 4 is 41.5 Å². The summed E-state index contributed by atoms with van der Waals surface area (Å²) in [5.41, 5.74) is 3.75. The van der Waals surface area contributed by atoms with E-state index < -0.39 is 0 Å². The average molecular weight is 476 g/mol. The van der Waals surface area contributed by atoms with Crippen molar-refractivity contribution in [3.63, 3.8) is 0 Å². The summed E-state index contributed by atoms with van der Waals surface area (Å²) in [5.74, 6) is 2.98. The van der Waals surface area contributed by atoms with Crippen LogP contribution in [-0.2, 0) is 11.3 Å². The van der Waals surface area contributed by atoms with E-state index in [1.54, 1.807) is 12.1 Å². The Kier molecular flexibility index (Phi) is 9.98. The number of nitrogens with zero attached hydrogens (tertiary/aromatic N) is 1. The quantitative estimate of drug-likeness (QED) is 0.260. The summed E-state index contributed by atoms with van der Waals surface area (Å²) in [6.07, 6.45) is 5.37. The van der Waals surface area contributed by atoms with Crippen LogP contribution in [0.3, 0.4) is 0 Å². The Morgan fingerprint density at radius 3 is 2.63 bits per heavy atom. The molecule has 0 unspecified atom stereocenters. The first kappa shape index (κ1) is 22.5. The van der Waals surface area contributed by atoms with E-state index in [0.29, 0.717) is 24.7 Å². The molecule has 0 saturated heterocycles. The second-order valence-electron chi connectivity index (χ2n) is 5.75. The lowest BCUT2D eigenvalue weighted by Crippen LogP contribution is -2.41. The first-order valence-corrected chi connectivity index (χ1v) is 8.55. The number of carbonyl (C=O) groups excluding carboxylic acids is 1. The van der Waals surface area contributed by atoms with Crippen LogP contribution in [0.4, 0.5) is 5.69 Å². The van der Waals surface area contributed by atoms with Gasteiger partial charge in [-0.15, -0.1) is 30.4 Å². The zero-order valence-corrected chi connectivity index (χ0v) is 17.9. The molecule has 142 valence electrons. The molecule has 0 spiro atoms. The van der Waals surface area contributed by atoms with E-state index in [1.165, 1.54) is 5.56 Å². The summed E-state index contributed by atoms with van der Waals surface area (Å²) >= 11 is 0. The molecule has 0 atom stereocenters. The zero-order valence-electron chi connectivity index (χ0n) is 15.6. The Morgan fingerprint density at radius 2 is 1.93 bits per heavy atom. The van der Waals surface area contributed by atoms with Crippen molar-refractivity contribution in [3.05, 3.63) is 65.2 Å². The van der Waals surface area contributed by atoms with E-state index in [2.05, 4.69) is 39.9 Å². The van der Waals surface area contributed by atoms with Crippen molar-refractivity contribution in [3.8, 4) is 12.3 Å². The molecule has 0 radical (unpaired) electrons. The second-order valence-corrected chi connectivity index (χ2v) is 5.75. The minimum absolute atomic E-state index is 0.